The van der Waals surface area contributed by atoms with Crippen LogP contribution in [0.3, 0.4) is 0 Å². The van der Waals surface area contributed by atoms with Gasteiger partial charge in [-0.3, -0.25) is 5.43 Å². The van der Waals surface area contributed by atoms with Gasteiger partial charge in [0.1, 0.15) is 6.29 Å². The number of rotatable bonds is 3. The second-order valence-corrected chi connectivity index (χ2v) is 7.65. The summed E-state index contributed by atoms with van der Waals surface area (Å²) in [4.78, 5) is 11.6. The fourth-order valence-corrected chi connectivity index (χ4v) is 2.90. The summed E-state index contributed by atoms with van der Waals surface area (Å²) in [7, 11) is 0. The molecule has 0 radical (unpaired) electrons. The van der Waals surface area contributed by atoms with Crippen LogP contribution >= 0.6 is 0 Å². The molecule has 1 N–H and O–H groups in total. The van der Waals surface area contributed by atoms with Gasteiger partial charge in [-0.25, -0.2) is 5.01 Å². The standard InChI is InChI=1S/C15H30N2O/c1-14(2,3)12(11-18)13(15(4,5)6)17-10-8-7-9-16-17/h11-13,16H,7-10H2,1-6H3. The first-order chi connectivity index (χ1) is 8.18. The molecule has 3 heteroatoms. The summed E-state index contributed by atoms with van der Waals surface area (Å²) in [5.41, 5.74) is 3.57. The van der Waals surface area contributed by atoms with Crippen molar-refractivity contribution in [1.82, 2.24) is 10.4 Å². The number of hydrogen-bond donors (Lipinski definition) is 1. The zero-order valence-electron chi connectivity index (χ0n) is 12.9. The average molecular weight is 254 g/mol. The molecule has 1 saturated heterocycles. The number of carbonyl (C=O) groups is 1. The lowest BCUT2D eigenvalue weighted by Crippen LogP contribution is -2.59. The predicted molar refractivity (Wildman–Crippen MR) is 76.2 cm³/mol. The maximum absolute atomic E-state index is 11.6. The molecule has 2 atom stereocenters. The van der Waals surface area contributed by atoms with Crippen LogP contribution in [0, 0.1) is 16.7 Å². The Balaban J connectivity index is 3.00. The second-order valence-electron chi connectivity index (χ2n) is 7.65. The lowest BCUT2D eigenvalue weighted by Gasteiger charge is -2.48. The van der Waals surface area contributed by atoms with E-state index in [4.69, 9.17) is 0 Å². The molecule has 0 bridgehead atoms. The molecule has 0 aromatic rings. The number of aldehydes is 1. The van der Waals surface area contributed by atoms with Crippen molar-refractivity contribution < 1.29 is 4.79 Å². The van der Waals surface area contributed by atoms with E-state index in [1.165, 1.54) is 12.8 Å². The van der Waals surface area contributed by atoms with Gasteiger partial charge >= 0.3 is 0 Å². The number of nitrogens with zero attached hydrogens (tertiary/aromatic N) is 1. The van der Waals surface area contributed by atoms with E-state index in [1.54, 1.807) is 0 Å². The smallest absolute Gasteiger partial charge is 0.125 e. The molecule has 1 heterocycles. The van der Waals surface area contributed by atoms with Crippen LogP contribution in [0.4, 0.5) is 0 Å². The van der Waals surface area contributed by atoms with E-state index in [9.17, 15) is 4.79 Å². The van der Waals surface area contributed by atoms with Gasteiger partial charge in [-0.05, 0) is 23.7 Å². The monoisotopic (exact) mass is 254 g/mol. The Labute approximate surface area is 112 Å². The highest BCUT2D eigenvalue weighted by Gasteiger charge is 2.42. The highest BCUT2D eigenvalue weighted by Crippen LogP contribution is 2.38. The Hall–Kier alpha value is -0.410. The van der Waals surface area contributed by atoms with Crippen LogP contribution in [0.5, 0.6) is 0 Å². The first-order valence-corrected chi connectivity index (χ1v) is 7.13. The van der Waals surface area contributed by atoms with Crippen molar-refractivity contribution in [3.05, 3.63) is 0 Å². The summed E-state index contributed by atoms with van der Waals surface area (Å²) in [6.45, 7) is 15.3. The Morgan fingerprint density at radius 3 is 2.00 bits per heavy atom. The zero-order chi connectivity index (χ0) is 14.0. The first kappa shape index (κ1) is 15.6. The van der Waals surface area contributed by atoms with Crippen molar-refractivity contribution >= 4 is 6.29 Å². The van der Waals surface area contributed by atoms with Crippen LogP contribution in [0.25, 0.3) is 0 Å². The molecule has 1 rings (SSSR count). The molecule has 0 saturated carbocycles. The Bertz CT molecular complexity index is 269. The number of hydrogen-bond acceptors (Lipinski definition) is 3. The van der Waals surface area contributed by atoms with E-state index in [-0.39, 0.29) is 22.8 Å². The van der Waals surface area contributed by atoms with Gasteiger partial charge in [0, 0.05) is 25.0 Å². The van der Waals surface area contributed by atoms with E-state index in [0.717, 1.165) is 19.4 Å². The molecule has 18 heavy (non-hydrogen) atoms. The molecule has 2 unspecified atom stereocenters. The van der Waals surface area contributed by atoms with Crippen molar-refractivity contribution in [2.75, 3.05) is 13.1 Å². The third kappa shape index (κ3) is 3.79. The third-order valence-corrected chi connectivity index (χ3v) is 3.85. The molecule has 0 aromatic heterocycles. The molecular weight excluding hydrogens is 224 g/mol. The van der Waals surface area contributed by atoms with Crippen molar-refractivity contribution in [2.45, 2.75) is 60.4 Å². The molecule has 0 amide bonds. The summed E-state index contributed by atoms with van der Waals surface area (Å²) in [5, 5.41) is 2.31. The first-order valence-electron chi connectivity index (χ1n) is 7.13. The highest BCUT2D eigenvalue weighted by molar-refractivity contribution is 5.56. The van der Waals surface area contributed by atoms with Gasteiger partial charge in [0.05, 0.1) is 0 Å². The molecule has 1 fully saturated rings. The average Bonchev–Trinajstić information content (AvgIpc) is 2.23. The van der Waals surface area contributed by atoms with Gasteiger partial charge in [0.2, 0.25) is 0 Å². The van der Waals surface area contributed by atoms with Gasteiger partial charge in [0.25, 0.3) is 0 Å². The molecular formula is C15H30N2O. The molecule has 1 aliphatic heterocycles. The number of carbonyl (C=O) groups excluding carboxylic acids is 1. The molecule has 1 aliphatic rings. The van der Waals surface area contributed by atoms with E-state index >= 15 is 0 Å². The molecule has 106 valence electrons. The number of nitrogens with one attached hydrogen (secondary N) is 1. The Morgan fingerprint density at radius 2 is 1.67 bits per heavy atom. The molecule has 3 nitrogen and oxygen atoms in total. The lowest BCUT2D eigenvalue weighted by atomic mass is 9.68. The topological polar surface area (TPSA) is 32.3 Å². The van der Waals surface area contributed by atoms with Crippen molar-refractivity contribution in [3.8, 4) is 0 Å². The quantitative estimate of drug-likeness (QED) is 0.786. The van der Waals surface area contributed by atoms with Crippen LogP contribution in [0.1, 0.15) is 54.4 Å². The summed E-state index contributed by atoms with van der Waals surface area (Å²) in [5.74, 6) is 0.0445. The van der Waals surface area contributed by atoms with Gasteiger partial charge in [-0.15, -0.1) is 0 Å². The molecule has 0 aromatic carbocycles. The van der Waals surface area contributed by atoms with Crippen molar-refractivity contribution in [2.24, 2.45) is 16.7 Å². The van der Waals surface area contributed by atoms with Gasteiger partial charge in [-0.1, -0.05) is 41.5 Å². The SMILES string of the molecule is CC(C)(C)C(C=O)C(N1CCCCN1)C(C)(C)C. The third-order valence-electron chi connectivity index (χ3n) is 3.85. The molecule has 0 spiro atoms. The van der Waals surface area contributed by atoms with Gasteiger partial charge in [-0.2, -0.15) is 0 Å². The minimum absolute atomic E-state index is 0.00117. The molecule has 0 aliphatic carbocycles. The lowest BCUT2D eigenvalue weighted by molar-refractivity contribution is -0.122. The zero-order valence-corrected chi connectivity index (χ0v) is 12.9. The largest absolute Gasteiger partial charge is 0.303 e. The number of hydrazine groups is 1. The minimum Gasteiger partial charge on any atom is -0.303 e. The summed E-state index contributed by atoms with van der Waals surface area (Å²) < 4.78 is 0. The van der Waals surface area contributed by atoms with Crippen LogP contribution in [-0.2, 0) is 4.79 Å². The summed E-state index contributed by atoms with van der Waals surface area (Å²) in [6.07, 6.45) is 3.61. The Morgan fingerprint density at radius 1 is 1.06 bits per heavy atom. The predicted octanol–water partition coefficient (Wildman–Crippen LogP) is 2.86. The minimum atomic E-state index is -0.00117. The van der Waals surface area contributed by atoms with E-state index in [2.05, 4.69) is 52.0 Å². The Kier molecular flexibility index (Phi) is 4.96. The summed E-state index contributed by atoms with van der Waals surface area (Å²) in [6, 6.07) is 0.246. The van der Waals surface area contributed by atoms with Gasteiger partial charge < -0.3 is 4.79 Å². The summed E-state index contributed by atoms with van der Waals surface area (Å²) >= 11 is 0. The van der Waals surface area contributed by atoms with Crippen molar-refractivity contribution in [1.29, 1.82) is 0 Å². The fourth-order valence-electron chi connectivity index (χ4n) is 2.90. The van der Waals surface area contributed by atoms with Crippen LogP contribution in [-0.4, -0.2) is 30.4 Å². The normalized spacial score (nSPS) is 22.6. The van der Waals surface area contributed by atoms with Crippen LogP contribution < -0.4 is 5.43 Å². The highest BCUT2D eigenvalue weighted by atomic mass is 16.1. The van der Waals surface area contributed by atoms with E-state index in [0.29, 0.717) is 0 Å². The van der Waals surface area contributed by atoms with E-state index in [1.807, 2.05) is 0 Å². The fraction of sp³-hybridized carbons (Fsp3) is 0.933. The second kappa shape index (κ2) is 5.70. The van der Waals surface area contributed by atoms with E-state index < -0.39 is 0 Å². The maximum Gasteiger partial charge on any atom is 0.125 e. The maximum atomic E-state index is 11.6. The van der Waals surface area contributed by atoms with Crippen molar-refractivity contribution in [3.63, 3.8) is 0 Å². The van der Waals surface area contributed by atoms with Gasteiger partial charge in [0.15, 0.2) is 0 Å². The van der Waals surface area contributed by atoms with Crippen LogP contribution in [0.15, 0.2) is 0 Å². The van der Waals surface area contributed by atoms with Crippen LogP contribution in [0.2, 0.25) is 0 Å².